The standard InChI is InChI=1S/C15H23NOS/c1-12(16-8-3-4-10-18-2)13-5-6-15-14(11-13)7-9-17-15/h5-6,11-12,16H,3-4,7-10H2,1-2H3. The fourth-order valence-corrected chi connectivity index (χ4v) is 2.78. The Morgan fingerprint density at radius 2 is 2.28 bits per heavy atom. The Morgan fingerprint density at radius 3 is 3.11 bits per heavy atom. The SMILES string of the molecule is CSCCCCNC(C)c1ccc2c(c1)CCO2. The van der Waals surface area contributed by atoms with Crippen molar-refractivity contribution in [1.82, 2.24) is 5.32 Å². The maximum Gasteiger partial charge on any atom is 0.122 e. The maximum atomic E-state index is 5.54. The highest BCUT2D eigenvalue weighted by Crippen LogP contribution is 2.28. The number of hydrogen-bond acceptors (Lipinski definition) is 3. The average Bonchev–Trinajstić information content (AvgIpc) is 2.85. The van der Waals surface area contributed by atoms with Crippen molar-refractivity contribution in [3.05, 3.63) is 29.3 Å². The fourth-order valence-electron chi connectivity index (χ4n) is 2.28. The molecule has 2 rings (SSSR count). The van der Waals surface area contributed by atoms with Crippen LogP contribution in [0, 0.1) is 0 Å². The zero-order chi connectivity index (χ0) is 12.8. The number of unbranched alkanes of at least 4 members (excludes halogenated alkanes) is 1. The number of thioether (sulfide) groups is 1. The van der Waals surface area contributed by atoms with E-state index in [4.69, 9.17) is 4.74 Å². The molecule has 0 spiro atoms. The summed E-state index contributed by atoms with van der Waals surface area (Å²) in [6, 6.07) is 7.03. The van der Waals surface area contributed by atoms with E-state index in [0.29, 0.717) is 6.04 Å². The lowest BCUT2D eigenvalue weighted by Gasteiger charge is -2.15. The lowest BCUT2D eigenvalue weighted by Crippen LogP contribution is -2.20. The summed E-state index contributed by atoms with van der Waals surface area (Å²) in [4.78, 5) is 0. The van der Waals surface area contributed by atoms with Crippen molar-refractivity contribution in [3.8, 4) is 5.75 Å². The second kappa shape index (κ2) is 7.05. The Bertz CT molecular complexity index is 381. The van der Waals surface area contributed by atoms with E-state index in [1.807, 2.05) is 11.8 Å². The average molecular weight is 265 g/mol. The Labute approximate surface area is 114 Å². The van der Waals surface area contributed by atoms with Crippen LogP contribution in [-0.4, -0.2) is 25.2 Å². The lowest BCUT2D eigenvalue weighted by molar-refractivity contribution is 0.356. The van der Waals surface area contributed by atoms with Gasteiger partial charge in [0.25, 0.3) is 0 Å². The normalized spacial score (nSPS) is 15.2. The van der Waals surface area contributed by atoms with Gasteiger partial charge in [-0.1, -0.05) is 12.1 Å². The quantitative estimate of drug-likeness (QED) is 0.763. The van der Waals surface area contributed by atoms with Crippen molar-refractivity contribution < 1.29 is 4.74 Å². The van der Waals surface area contributed by atoms with Crippen molar-refractivity contribution in [2.45, 2.75) is 32.2 Å². The van der Waals surface area contributed by atoms with Crippen LogP contribution in [-0.2, 0) is 6.42 Å². The first-order valence-corrected chi connectivity index (χ1v) is 8.18. The van der Waals surface area contributed by atoms with Crippen LogP contribution in [0.5, 0.6) is 5.75 Å². The van der Waals surface area contributed by atoms with Gasteiger partial charge in [0.1, 0.15) is 5.75 Å². The van der Waals surface area contributed by atoms with E-state index in [1.54, 1.807) is 0 Å². The van der Waals surface area contributed by atoms with E-state index >= 15 is 0 Å². The van der Waals surface area contributed by atoms with Gasteiger partial charge in [-0.2, -0.15) is 11.8 Å². The third kappa shape index (κ3) is 3.66. The smallest absolute Gasteiger partial charge is 0.122 e. The van der Waals surface area contributed by atoms with Gasteiger partial charge in [-0.25, -0.2) is 0 Å². The van der Waals surface area contributed by atoms with Gasteiger partial charge in [0.15, 0.2) is 0 Å². The predicted molar refractivity (Wildman–Crippen MR) is 79.7 cm³/mol. The van der Waals surface area contributed by atoms with E-state index in [9.17, 15) is 0 Å². The van der Waals surface area contributed by atoms with Crippen LogP contribution < -0.4 is 10.1 Å². The Kier molecular flexibility index (Phi) is 5.39. The third-order valence-corrected chi connectivity index (χ3v) is 4.14. The van der Waals surface area contributed by atoms with Crippen LogP contribution in [0.25, 0.3) is 0 Å². The van der Waals surface area contributed by atoms with Gasteiger partial charge < -0.3 is 10.1 Å². The summed E-state index contributed by atoms with van der Waals surface area (Å²) in [6.45, 7) is 4.19. The van der Waals surface area contributed by atoms with E-state index in [-0.39, 0.29) is 0 Å². The zero-order valence-corrected chi connectivity index (χ0v) is 12.2. The van der Waals surface area contributed by atoms with Gasteiger partial charge in [0, 0.05) is 12.5 Å². The Morgan fingerprint density at radius 1 is 1.39 bits per heavy atom. The first-order valence-electron chi connectivity index (χ1n) is 6.79. The van der Waals surface area contributed by atoms with Gasteiger partial charge in [-0.3, -0.25) is 0 Å². The molecule has 1 N–H and O–H groups in total. The summed E-state index contributed by atoms with van der Waals surface area (Å²) in [5.74, 6) is 2.35. The van der Waals surface area contributed by atoms with E-state index in [2.05, 4.69) is 36.7 Å². The van der Waals surface area contributed by atoms with Gasteiger partial charge in [0.2, 0.25) is 0 Å². The minimum absolute atomic E-state index is 0.435. The molecule has 0 fully saturated rings. The highest BCUT2D eigenvalue weighted by Gasteiger charge is 2.14. The molecule has 3 heteroatoms. The summed E-state index contributed by atoms with van der Waals surface area (Å²) >= 11 is 1.93. The molecule has 1 aliphatic rings. The second-order valence-corrected chi connectivity index (χ2v) is 5.83. The first kappa shape index (κ1) is 13.8. The van der Waals surface area contributed by atoms with E-state index in [0.717, 1.165) is 25.3 Å². The molecule has 0 bridgehead atoms. The summed E-state index contributed by atoms with van der Waals surface area (Å²) in [6.07, 6.45) is 5.80. The number of benzene rings is 1. The summed E-state index contributed by atoms with van der Waals surface area (Å²) in [5.41, 5.74) is 2.74. The van der Waals surface area contributed by atoms with Crippen molar-refractivity contribution in [2.24, 2.45) is 0 Å². The Balaban J connectivity index is 1.80. The molecule has 1 aromatic rings. The number of nitrogens with one attached hydrogen (secondary N) is 1. The number of fused-ring (bicyclic) bond motifs is 1. The van der Waals surface area contributed by atoms with E-state index in [1.165, 1.54) is 29.7 Å². The molecule has 0 aliphatic carbocycles. The van der Waals surface area contributed by atoms with Crippen LogP contribution in [0.4, 0.5) is 0 Å². The van der Waals surface area contributed by atoms with Crippen LogP contribution >= 0.6 is 11.8 Å². The third-order valence-electron chi connectivity index (χ3n) is 3.44. The molecule has 1 aliphatic heterocycles. The molecule has 1 aromatic carbocycles. The van der Waals surface area contributed by atoms with Crippen molar-refractivity contribution in [2.75, 3.05) is 25.2 Å². The van der Waals surface area contributed by atoms with Crippen LogP contribution in [0.15, 0.2) is 18.2 Å². The summed E-state index contributed by atoms with van der Waals surface area (Å²) in [7, 11) is 0. The predicted octanol–water partition coefficient (Wildman–Crippen LogP) is 3.42. The molecule has 1 unspecified atom stereocenters. The van der Waals surface area contributed by atoms with E-state index < -0.39 is 0 Å². The summed E-state index contributed by atoms with van der Waals surface area (Å²) in [5, 5.41) is 3.60. The van der Waals surface area contributed by atoms with Gasteiger partial charge in [-0.05, 0) is 55.5 Å². The molecule has 1 heterocycles. The van der Waals surface area contributed by atoms with Gasteiger partial charge in [0.05, 0.1) is 6.61 Å². The monoisotopic (exact) mass is 265 g/mol. The topological polar surface area (TPSA) is 21.3 Å². The van der Waals surface area contributed by atoms with Crippen molar-refractivity contribution >= 4 is 11.8 Å². The molecule has 2 nitrogen and oxygen atoms in total. The second-order valence-electron chi connectivity index (χ2n) is 4.84. The molecule has 18 heavy (non-hydrogen) atoms. The highest BCUT2D eigenvalue weighted by molar-refractivity contribution is 7.98. The Hall–Kier alpha value is -0.670. The number of ether oxygens (including phenoxy) is 1. The van der Waals surface area contributed by atoms with Crippen LogP contribution in [0.2, 0.25) is 0 Å². The van der Waals surface area contributed by atoms with Crippen molar-refractivity contribution in [1.29, 1.82) is 0 Å². The largest absolute Gasteiger partial charge is 0.493 e. The van der Waals surface area contributed by atoms with Gasteiger partial charge in [-0.15, -0.1) is 0 Å². The molecular formula is C15H23NOS. The molecular weight excluding hydrogens is 242 g/mol. The molecule has 0 amide bonds. The molecule has 1 atom stereocenters. The van der Waals surface area contributed by atoms with Crippen molar-refractivity contribution in [3.63, 3.8) is 0 Å². The lowest BCUT2D eigenvalue weighted by atomic mass is 10.0. The molecule has 0 aromatic heterocycles. The molecule has 100 valence electrons. The highest BCUT2D eigenvalue weighted by atomic mass is 32.2. The zero-order valence-electron chi connectivity index (χ0n) is 11.4. The maximum absolute atomic E-state index is 5.54. The minimum Gasteiger partial charge on any atom is -0.493 e. The molecule has 0 radical (unpaired) electrons. The molecule has 0 saturated heterocycles. The first-order chi connectivity index (χ1) is 8.81. The van der Waals surface area contributed by atoms with Gasteiger partial charge >= 0.3 is 0 Å². The van der Waals surface area contributed by atoms with Crippen LogP contribution in [0.3, 0.4) is 0 Å². The molecule has 0 saturated carbocycles. The number of hydrogen-bond donors (Lipinski definition) is 1. The fraction of sp³-hybridized carbons (Fsp3) is 0.600. The minimum atomic E-state index is 0.435. The van der Waals surface area contributed by atoms with Crippen LogP contribution in [0.1, 0.15) is 36.9 Å². The number of rotatable bonds is 7. The summed E-state index contributed by atoms with van der Waals surface area (Å²) < 4.78 is 5.54.